The van der Waals surface area contributed by atoms with E-state index in [9.17, 15) is 4.79 Å². The molecule has 0 bridgehead atoms. The van der Waals surface area contributed by atoms with Crippen LogP contribution in [0.15, 0.2) is 6.20 Å². The van der Waals surface area contributed by atoms with Gasteiger partial charge in [-0.25, -0.2) is 4.98 Å². The van der Waals surface area contributed by atoms with Crippen molar-refractivity contribution in [2.45, 2.75) is 19.8 Å². The molecule has 2 N–H and O–H groups in total. The lowest BCUT2D eigenvalue weighted by atomic mass is 10.4. The molecular weight excluding hydrogens is 234 g/mol. The van der Waals surface area contributed by atoms with E-state index < -0.39 is 0 Å². The Balaban J connectivity index is 0.00000196. The van der Waals surface area contributed by atoms with Gasteiger partial charge in [0.15, 0.2) is 5.13 Å². The molecule has 1 aromatic rings. The number of carbonyl (C=O) groups is 1. The van der Waals surface area contributed by atoms with Crippen LogP contribution in [0.3, 0.4) is 0 Å². The van der Waals surface area contributed by atoms with Crippen LogP contribution in [0.4, 0.5) is 5.13 Å². The maximum atomic E-state index is 11.3. The van der Waals surface area contributed by atoms with E-state index in [0.717, 1.165) is 6.42 Å². The van der Waals surface area contributed by atoms with Crippen molar-refractivity contribution in [1.82, 2.24) is 10.3 Å². The number of anilines is 1. The topological polar surface area (TPSA) is 54.0 Å². The summed E-state index contributed by atoms with van der Waals surface area (Å²) in [5.41, 5.74) is 0. The molecule has 4 nitrogen and oxygen atoms in total. The summed E-state index contributed by atoms with van der Waals surface area (Å²) in [4.78, 5) is 16.6. The highest BCUT2D eigenvalue weighted by Crippen LogP contribution is 2.18. The molecule has 1 aromatic heterocycles. The molecule has 0 aliphatic carbocycles. The molecule has 0 aliphatic rings. The fraction of sp³-hybridized carbons (Fsp3) is 0.556. The Bertz CT molecular complexity index is 303. The van der Waals surface area contributed by atoms with Gasteiger partial charge in [-0.1, -0.05) is 6.92 Å². The average Bonchev–Trinajstić information content (AvgIpc) is 2.62. The van der Waals surface area contributed by atoms with Crippen LogP contribution in [0, 0.1) is 0 Å². The van der Waals surface area contributed by atoms with Crippen molar-refractivity contribution in [2.75, 3.05) is 18.9 Å². The number of nitrogens with one attached hydrogen (secondary N) is 2. The van der Waals surface area contributed by atoms with Gasteiger partial charge >= 0.3 is 0 Å². The van der Waals surface area contributed by atoms with E-state index in [1.54, 1.807) is 6.20 Å². The van der Waals surface area contributed by atoms with Gasteiger partial charge in [0.2, 0.25) is 5.91 Å². The van der Waals surface area contributed by atoms with E-state index in [2.05, 4.69) is 22.5 Å². The van der Waals surface area contributed by atoms with Gasteiger partial charge in [0.05, 0.1) is 0 Å². The molecule has 0 aromatic carbocycles. The van der Waals surface area contributed by atoms with Gasteiger partial charge in [-0.05, 0) is 13.5 Å². The zero-order valence-corrected chi connectivity index (χ0v) is 10.5. The fourth-order valence-corrected chi connectivity index (χ4v) is 1.72. The zero-order valence-electron chi connectivity index (χ0n) is 8.87. The number of aryl methyl sites for hydroxylation is 1. The molecule has 0 atom stereocenters. The molecule has 0 aliphatic heterocycles. The van der Waals surface area contributed by atoms with E-state index in [1.165, 1.54) is 16.2 Å². The lowest BCUT2D eigenvalue weighted by Crippen LogP contribution is -2.18. The fourth-order valence-electron chi connectivity index (χ4n) is 0.949. The molecule has 0 fully saturated rings. The normalized spacial score (nSPS) is 9.47. The second-order valence-corrected chi connectivity index (χ2v) is 4.00. The molecule has 1 rings (SSSR count). The largest absolute Gasteiger partial charge is 0.319 e. The SMILES string of the molecule is CCc1cnc(NC(=O)CCNC)s1.Cl. The van der Waals surface area contributed by atoms with Crippen molar-refractivity contribution in [1.29, 1.82) is 0 Å². The van der Waals surface area contributed by atoms with Crippen LogP contribution in [-0.4, -0.2) is 24.5 Å². The number of amides is 1. The van der Waals surface area contributed by atoms with Crippen LogP contribution >= 0.6 is 23.7 Å². The molecule has 15 heavy (non-hydrogen) atoms. The molecule has 1 heterocycles. The number of halogens is 1. The third-order valence-corrected chi connectivity index (χ3v) is 2.81. The molecule has 6 heteroatoms. The number of thiazole rings is 1. The van der Waals surface area contributed by atoms with Crippen LogP contribution in [-0.2, 0) is 11.2 Å². The van der Waals surface area contributed by atoms with Crippen molar-refractivity contribution < 1.29 is 4.79 Å². The Kier molecular flexibility index (Phi) is 7.29. The predicted molar refractivity (Wildman–Crippen MR) is 65.9 cm³/mol. The summed E-state index contributed by atoms with van der Waals surface area (Å²) >= 11 is 1.53. The molecule has 0 saturated carbocycles. The first-order valence-corrected chi connectivity index (χ1v) is 5.47. The number of aromatic nitrogens is 1. The van der Waals surface area contributed by atoms with Gasteiger partial charge in [-0.15, -0.1) is 23.7 Å². The van der Waals surface area contributed by atoms with Crippen LogP contribution < -0.4 is 10.6 Å². The summed E-state index contributed by atoms with van der Waals surface area (Å²) in [7, 11) is 1.83. The first kappa shape index (κ1) is 14.3. The van der Waals surface area contributed by atoms with Gasteiger partial charge in [-0.3, -0.25) is 4.79 Å². The smallest absolute Gasteiger partial charge is 0.227 e. The Morgan fingerprint density at radius 3 is 2.87 bits per heavy atom. The van der Waals surface area contributed by atoms with Gasteiger partial charge in [-0.2, -0.15) is 0 Å². The predicted octanol–water partition coefficient (Wildman–Crippen LogP) is 1.68. The summed E-state index contributed by atoms with van der Waals surface area (Å²) in [5, 5.41) is 6.38. The minimum absolute atomic E-state index is 0. The summed E-state index contributed by atoms with van der Waals surface area (Å²) in [6.07, 6.45) is 3.25. The first-order valence-electron chi connectivity index (χ1n) is 4.65. The molecule has 0 spiro atoms. The van der Waals surface area contributed by atoms with Gasteiger partial charge in [0.1, 0.15) is 0 Å². The number of hydrogen-bond acceptors (Lipinski definition) is 4. The molecule has 1 amide bonds. The van der Waals surface area contributed by atoms with Crippen molar-refractivity contribution in [3.63, 3.8) is 0 Å². The van der Waals surface area contributed by atoms with E-state index in [-0.39, 0.29) is 18.3 Å². The second-order valence-electron chi connectivity index (χ2n) is 2.89. The lowest BCUT2D eigenvalue weighted by molar-refractivity contribution is -0.116. The number of rotatable bonds is 5. The van der Waals surface area contributed by atoms with Crippen LogP contribution in [0.1, 0.15) is 18.2 Å². The summed E-state index contributed by atoms with van der Waals surface area (Å²) in [6, 6.07) is 0. The minimum Gasteiger partial charge on any atom is -0.319 e. The number of hydrogen-bond donors (Lipinski definition) is 2. The van der Waals surface area contributed by atoms with Crippen molar-refractivity contribution >= 4 is 34.8 Å². The zero-order chi connectivity index (χ0) is 10.4. The highest BCUT2D eigenvalue weighted by Gasteiger charge is 2.04. The summed E-state index contributed by atoms with van der Waals surface area (Å²) in [6.45, 7) is 2.76. The Labute approximate surface area is 99.9 Å². The molecular formula is C9H16ClN3OS. The van der Waals surface area contributed by atoms with Gasteiger partial charge in [0, 0.05) is 24.0 Å². The maximum absolute atomic E-state index is 11.3. The Hall–Kier alpha value is -0.650. The standard InChI is InChI=1S/C9H15N3OS.ClH/c1-3-7-6-11-9(14-7)12-8(13)4-5-10-2;/h6,10H,3-5H2,1-2H3,(H,11,12,13);1H. The highest BCUT2D eigenvalue weighted by molar-refractivity contribution is 7.15. The molecule has 0 unspecified atom stereocenters. The van der Waals surface area contributed by atoms with Crippen LogP contribution in [0.2, 0.25) is 0 Å². The first-order chi connectivity index (χ1) is 6.76. The second kappa shape index (κ2) is 7.62. The van der Waals surface area contributed by atoms with Crippen molar-refractivity contribution in [3.8, 4) is 0 Å². The lowest BCUT2D eigenvalue weighted by Gasteiger charge is -1.99. The average molecular weight is 250 g/mol. The Morgan fingerprint density at radius 1 is 1.60 bits per heavy atom. The summed E-state index contributed by atoms with van der Waals surface area (Å²) in [5.74, 6) is 0.0105. The van der Waals surface area contributed by atoms with E-state index in [4.69, 9.17) is 0 Å². The monoisotopic (exact) mass is 249 g/mol. The Morgan fingerprint density at radius 2 is 2.33 bits per heavy atom. The van der Waals surface area contributed by atoms with Gasteiger partial charge < -0.3 is 10.6 Å². The quantitative estimate of drug-likeness (QED) is 0.835. The van der Waals surface area contributed by atoms with Crippen molar-refractivity contribution in [2.24, 2.45) is 0 Å². The van der Waals surface area contributed by atoms with E-state index >= 15 is 0 Å². The van der Waals surface area contributed by atoms with Crippen LogP contribution in [0.5, 0.6) is 0 Å². The summed E-state index contributed by atoms with van der Waals surface area (Å²) < 4.78 is 0. The third-order valence-electron chi connectivity index (χ3n) is 1.75. The molecule has 0 saturated heterocycles. The third kappa shape index (κ3) is 5.11. The molecule has 0 radical (unpaired) electrons. The number of carbonyl (C=O) groups excluding carboxylic acids is 1. The maximum Gasteiger partial charge on any atom is 0.227 e. The van der Waals surface area contributed by atoms with E-state index in [0.29, 0.717) is 18.1 Å². The highest BCUT2D eigenvalue weighted by atomic mass is 35.5. The molecule has 86 valence electrons. The van der Waals surface area contributed by atoms with Crippen molar-refractivity contribution in [3.05, 3.63) is 11.1 Å². The van der Waals surface area contributed by atoms with Crippen LogP contribution in [0.25, 0.3) is 0 Å². The number of nitrogens with zero attached hydrogens (tertiary/aromatic N) is 1. The van der Waals surface area contributed by atoms with E-state index in [1.807, 2.05) is 7.05 Å². The minimum atomic E-state index is 0. The van der Waals surface area contributed by atoms with Gasteiger partial charge in [0.25, 0.3) is 0 Å².